The van der Waals surface area contributed by atoms with Gasteiger partial charge in [-0.1, -0.05) is 12.1 Å². The number of nitrogens with one attached hydrogen (secondary N) is 1. The average Bonchev–Trinajstić information content (AvgIpc) is 3.11. The summed E-state index contributed by atoms with van der Waals surface area (Å²) in [7, 11) is 2.15. The molecular formula is C15H18N6S. The van der Waals surface area contributed by atoms with E-state index in [1.54, 1.807) is 11.3 Å². The summed E-state index contributed by atoms with van der Waals surface area (Å²) in [6, 6.07) is 8.15. The number of fused-ring (bicyclic) bond motifs is 1. The average molecular weight is 314 g/mol. The Kier molecular flexibility index (Phi) is 3.24. The van der Waals surface area contributed by atoms with Crippen molar-refractivity contribution in [3.8, 4) is 10.6 Å². The number of anilines is 2. The first-order valence-electron chi connectivity index (χ1n) is 7.35. The van der Waals surface area contributed by atoms with Crippen LogP contribution in [0.5, 0.6) is 0 Å². The van der Waals surface area contributed by atoms with Crippen molar-refractivity contribution >= 4 is 33.2 Å². The monoisotopic (exact) mass is 314 g/mol. The number of para-hydroxylation sites is 1. The van der Waals surface area contributed by atoms with E-state index in [0.717, 1.165) is 48.1 Å². The van der Waals surface area contributed by atoms with Gasteiger partial charge < -0.3 is 15.5 Å². The van der Waals surface area contributed by atoms with Crippen molar-refractivity contribution in [1.82, 2.24) is 20.1 Å². The third-order valence-electron chi connectivity index (χ3n) is 4.10. The minimum Gasteiger partial charge on any atom is -0.382 e. The number of aromatic nitrogens is 3. The molecule has 0 amide bonds. The summed E-state index contributed by atoms with van der Waals surface area (Å²) in [5.74, 6) is 1.51. The van der Waals surface area contributed by atoms with Crippen LogP contribution < -0.4 is 10.6 Å². The van der Waals surface area contributed by atoms with Crippen molar-refractivity contribution < 1.29 is 0 Å². The van der Waals surface area contributed by atoms with Crippen molar-refractivity contribution in [2.75, 3.05) is 43.9 Å². The number of benzene rings is 1. The highest BCUT2D eigenvalue weighted by Crippen LogP contribution is 2.38. The van der Waals surface area contributed by atoms with E-state index in [0.29, 0.717) is 5.82 Å². The van der Waals surface area contributed by atoms with Crippen molar-refractivity contribution in [1.29, 1.82) is 0 Å². The third-order valence-corrected chi connectivity index (χ3v) is 5.16. The number of H-pyrrole nitrogens is 1. The molecule has 3 aromatic rings. The predicted molar refractivity (Wildman–Crippen MR) is 91.3 cm³/mol. The largest absolute Gasteiger partial charge is 0.382 e. The number of hydrogen-bond acceptors (Lipinski definition) is 6. The smallest absolute Gasteiger partial charge is 0.157 e. The van der Waals surface area contributed by atoms with E-state index in [2.05, 4.69) is 33.1 Å². The molecule has 6 nitrogen and oxygen atoms in total. The van der Waals surface area contributed by atoms with Gasteiger partial charge in [-0.25, -0.2) is 4.98 Å². The Balaban J connectivity index is 1.76. The minimum atomic E-state index is 0.521. The number of likely N-dealkylation sites (N-methyl/N-ethyl adjacent to an activating group) is 1. The lowest BCUT2D eigenvalue weighted by Crippen LogP contribution is -2.44. The maximum Gasteiger partial charge on any atom is 0.157 e. The molecule has 0 unspecified atom stereocenters. The molecule has 0 aliphatic carbocycles. The second-order valence-electron chi connectivity index (χ2n) is 5.61. The lowest BCUT2D eigenvalue weighted by Gasteiger charge is -2.33. The normalized spacial score (nSPS) is 16.5. The van der Waals surface area contributed by atoms with Crippen LogP contribution in [-0.2, 0) is 0 Å². The van der Waals surface area contributed by atoms with Crippen LogP contribution in [0.2, 0.25) is 0 Å². The summed E-state index contributed by atoms with van der Waals surface area (Å²) in [5.41, 5.74) is 8.06. The molecule has 1 aliphatic rings. The zero-order valence-corrected chi connectivity index (χ0v) is 13.2. The molecule has 1 saturated heterocycles. The Morgan fingerprint density at radius 3 is 2.73 bits per heavy atom. The maximum absolute atomic E-state index is 6.12. The van der Waals surface area contributed by atoms with E-state index in [-0.39, 0.29) is 0 Å². The SMILES string of the molecule is CN1CCN(c2[nH]nc(N)c2-c2nc3ccccc3s2)CC1. The number of piperazine rings is 1. The fourth-order valence-corrected chi connectivity index (χ4v) is 3.82. The van der Waals surface area contributed by atoms with Crippen molar-refractivity contribution in [3.05, 3.63) is 24.3 Å². The van der Waals surface area contributed by atoms with Crippen molar-refractivity contribution in [2.24, 2.45) is 0 Å². The van der Waals surface area contributed by atoms with Gasteiger partial charge in [0.2, 0.25) is 0 Å². The van der Waals surface area contributed by atoms with Gasteiger partial charge in [-0.2, -0.15) is 5.10 Å². The molecule has 1 fully saturated rings. The molecule has 3 heterocycles. The van der Waals surface area contributed by atoms with E-state index >= 15 is 0 Å². The fraction of sp³-hybridized carbons (Fsp3) is 0.333. The molecule has 7 heteroatoms. The standard InChI is InChI=1S/C15H18N6S/c1-20-6-8-21(9-7-20)14-12(13(16)18-19-14)15-17-10-4-2-3-5-11(10)22-15/h2-5H,6-9H2,1H3,(H3,16,18,19). The minimum absolute atomic E-state index is 0.521. The number of hydrogen-bond donors (Lipinski definition) is 2. The van der Waals surface area contributed by atoms with Gasteiger partial charge in [0.25, 0.3) is 0 Å². The van der Waals surface area contributed by atoms with Crippen LogP contribution in [0, 0.1) is 0 Å². The van der Waals surface area contributed by atoms with E-state index in [1.165, 1.54) is 4.70 Å². The first-order valence-corrected chi connectivity index (χ1v) is 8.17. The van der Waals surface area contributed by atoms with Gasteiger partial charge in [0, 0.05) is 26.2 Å². The Bertz CT molecular complexity index is 766. The van der Waals surface area contributed by atoms with Crippen molar-refractivity contribution in [2.45, 2.75) is 0 Å². The number of nitrogens with two attached hydrogens (primary N) is 1. The highest BCUT2D eigenvalue weighted by Gasteiger charge is 2.23. The van der Waals surface area contributed by atoms with E-state index in [4.69, 9.17) is 10.7 Å². The van der Waals surface area contributed by atoms with Crippen LogP contribution in [0.25, 0.3) is 20.8 Å². The molecule has 0 spiro atoms. The molecule has 1 aliphatic heterocycles. The molecule has 114 valence electrons. The molecular weight excluding hydrogens is 296 g/mol. The van der Waals surface area contributed by atoms with Gasteiger partial charge >= 0.3 is 0 Å². The molecule has 3 N–H and O–H groups in total. The summed E-state index contributed by atoms with van der Waals surface area (Å²) in [6.45, 7) is 4.02. The topological polar surface area (TPSA) is 74.1 Å². The number of thiazole rings is 1. The fourth-order valence-electron chi connectivity index (χ4n) is 2.80. The van der Waals surface area contributed by atoms with E-state index in [1.807, 2.05) is 18.2 Å². The van der Waals surface area contributed by atoms with Crippen LogP contribution >= 0.6 is 11.3 Å². The number of aromatic amines is 1. The number of nitrogen functional groups attached to an aromatic ring is 1. The summed E-state index contributed by atoms with van der Waals surface area (Å²) < 4.78 is 1.17. The van der Waals surface area contributed by atoms with Crippen LogP contribution in [0.15, 0.2) is 24.3 Å². The predicted octanol–water partition coefficient (Wildman–Crippen LogP) is 2.02. The molecule has 1 aromatic carbocycles. The van der Waals surface area contributed by atoms with Crippen LogP contribution in [-0.4, -0.2) is 53.3 Å². The molecule has 2 aromatic heterocycles. The Hall–Kier alpha value is -2.12. The quantitative estimate of drug-likeness (QED) is 0.757. The first-order chi connectivity index (χ1) is 10.7. The summed E-state index contributed by atoms with van der Waals surface area (Å²) in [6.07, 6.45) is 0. The number of rotatable bonds is 2. The highest BCUT2D eigenvalue weighted by molar-refractivity contribution is 7.21. The van der Waals surface area contributed by atoms with Crippen LogP contribution in [0.1, 0.15) is 0 Å². The molecule has 4 rings (SSSR count). The zero-order chi connectivity index (χ0) is 15.1. The van der Waals surface area contributed by atoms with Gasteiger partial charge in [-0.05, 0) is 19.2 Å². The highest BCUT2D eigenvalue weighted by atomic mass is 32.1. The van der Waals surface area contributed by atoms with Crippen LogP contribution in [0.3, 0.4) is 0 Å². The molecule has 0 bridgehead atoms. The lowest BCUT2D eigenvalue weighted by molar-refractivity contribution is 0.312. The van der Waals surface area contributed by atoms with Gasteiger partial charge in [0.1, 0.15) is 10.8 Å². The van der Waals surface area contributed by atoms with E-state index in [9.17, 15) is 0 Å². The maximum atomic E-state index is 6.12. The Morgan fingerprint density at radius 1 is 1.18 bits per heavy atom. The Morgan fingerprint density at radius 2 is 1.95 bits per heavy atom. The first kappa shape index (κ1) is 13.5. The van der Waals surface area contributed by atoms with E-state index < -0.39 is 0 Å². The third kappa shape index (κ3) is 2.22. The van der Waals surface area contributed by atoms with Gasteiger partial charge in [-0.3, -0.25) is 5.10 Å². The van der Waals surface area contributed by atoms with Gasteiger partial charge in [-0.15, -0.1) is 11.3 Å². The molecule has 22 heavy (non-hydrogen) atoms. The van der Waals surface area contributed by atoms with Gasteiger partial charge in [0.15, 0.2) is 5.82 Å². The molecule has 0 radical (unpaired) electrons. The summed E-state index contributed by atoms with van der Waals surface area (Å²) in [5, 5.41) is 8.25. The summed E-state index contributed by atoms with van der Waals surface area (Å²) in [4.78, 5) is 9.37. The molecule has 0 atom stereocenters. The Labute approximate surface area is 132 Å². The zero-order valence-electron chi connectivity index (χ0n) is 12.4. The van der Waals surface area contributed by atoms with Crippen molar-refractivity contribution in [3.63, 3.8) is 0 Å². The number of nitrogens with zero attached hydrogens (tertiary/aromatic N) is 4. The van der Waals surface area contributed by atoms with Crippen LogP contribution in [0.4, 0.5) is 11.6 Å². The van der Waals surface area contributed by atoms with Gasteiger partial charge in [0.05, 0.1) is 15.8 Å². The second-order valence-corrected chi connectivity index (χ2v) is 6.64. The molecule has 0 saturated carbocycles. The second kappa shape index (κ2) is 5.26. The summed E-state index contributed by atoms with van der Waals surface area (Å²) >= 11 is 1.66. The lowest BCUT2D eigenvalue weighted by atomic mass is 10.2.